The Labute approximate surface area is 402 Å². The fourth-order valence-corrected chi connectivity index (χ4v) is 8.87. The van der Waals surface area contributed by atoms with Crippen molar-refractivity contribution in [3.05, 3.63) is 202 Å². The summed E-state index contributed by atoms with van der Waals surface area (Å²) in [5.74, 6) is 0. The number of allylic oxidation sites excluding steroid dienone is 4. The van der Waals surface area contributed by atoms with Gasteiger partial charge >= 0.3 is 151 Å². The molecule has 2 aliphatic rings. The molecule has 0 radical (unpaired) electrons. The molecule has 6 aromatic rings. The summed E-state index contributed by atoms with van der Waals surface area (Å²) in [5.41, 5.74) is 19.2. The van der Waals surface area contributed by atoms with E-state index in [2.05, 4.69) is 201 Å². The normalized spacial score (nSPS) is 12.2. The molecule has 2 aliphatic carbocycles. The predicted octanol–water partition coefficient (Wildman–Crippen LogP) is 9.79. The largest absolute Gasteiger partial charge is 1.00 e. The molecule has 6 aromatic carbocycles. The van der Waals surface area contributed by atoms with Crippen LogP contribution in [-0.2, 0) is 54.3 Å². The Kier molecular flexibility index (Phi) is 19.4. The van der Waals surface area contributed by atoms with Gasteiger partial charge in [-0.05, 0) is 39.5 Å². The number of aryl methyl sites for hydroxylation is 2. The van der Waals surface area contributed by atoms with E-state index in [9.17, 15) is 0 Å². The van der Waals surface area contributed by atoms with Crippen LogP contribution in [0.25, 0.3) is 33.4 Å². The zero-order valence-corrected chi connectivity index (χ0v) is 42.2. The van der Waals surface area contributed by atoms with Gasteiger partial charge in [0.25, 0.3) is 0 Å². The van der Waals surface area contributed by atoms with E-state index in [1.165, 1.54) is 144 Å². The molecule has 0 spiro atoms. The van der Waals surface area contributed by atoms with Crippen LogP contribution < -0.4 is 24.8 Å². The van der Waals surface area contributed by atoms with Crippen molar-refractivity contribution in [3.63, 3.8) is 0 Å². The molecule has 0 saturated heterocycles. The number of rotatable bonds is 10. The van der Waals surface area contributed by atoms with Crippen molar-refractivity contribution in [1.82, 2.24) is 0 Å². The van der Waals surface area contributed by atoms with E-state index < -0.39 is 0 Å². The van der Waals surface area contributed by atoms with Crippen LogP contribution in [0.4, 0.5) is 0 Å². The Balaban J connectivity index is 0.000000252. The quantitative estimate of drug-likeness (QED) is 0.120. The van der Waals surface area contributed by atoms with Gasteiger partial charge in [-0.1, -0.05) is 131 Å². The first-order valence-corrected chi connectivity index (χ1v) is 23.5. The van der Waals surface area contributed by atoms with Crippen LogP contribution in [-0.4, -0.2) is 3.21 Å². The number of fused-ring (bicyclic) bond motifs is 3. The van der Waals surface area contributed by atoms with Crippen molar-refractivity contribution in [3.8, 4) is 33.4 Å². The maximum absolute atomic E-state index is 3.88. The first-order valence-electron chi connectivity index (χ1n) is 22.2. The number of hydrogen-bond acceptors (Lipinski definition) is 0. The number of hydrogen-bond donors (Lipinski definition) is 0. The summed E-state index contributed by atoms with van der Waals surface area (Å²) in [6, 6.07) is 51.2. The van der Waals surface area contributed by atoms with Crippen molar-refractivity contribution < 1.29 is 49.0 Å². The van der Waals surface area contributed by atoms with E-state index in [-0.39, 0.29) is 35.6 Å². The second-order valence-electron chi connectivity index (χ2n) is 18.4. The molecule has 0 heterocycles. The van der Waals surface area contributed by atoms with Crippen LogP contribution in [0.2, 0.25) is 0 Å². The van der Waals surface area contributed by atoms with Crippen molar-refractivity contribution in [2.75, 3.05) is 0 Å². The molecule has 0 N–H and O–H groups in total. The van der Waals surface area contributed by atoms with Crippen LogP contribution in [0.15, 0.2) is 146 Å². The summed E-state index contributed by atoms with van der Waals surface area (Å²) in [4.78, 5) is 0. The summed E-state index contributed by atoms with van der Waals surface area (Å²) in [7, 11) is 0. The van der Waals surface area contributed by atoms with Gasteiger partial charge in [-0.25, -0.2) is 12.2 Å². The van der Waals surface area contributed by atoms with Gasteiger partial charge in [-0.3, -0.25) is 6.08 Å². The summed E-state index contributed by atoms with van der Waals surface area (Å²) < 4.78 is 1.45. The van der Waals surface area contributed by atoms with Gasteiger partial charge in [0.1, 0.15) is 0 Å². The molecular formula is C59H64Cl2Zr-2. The van der Waals surface area contributed by atoms with Gasteiger partial charge in [0.05, 0.1) is 0 Å². The first kappa shape index (κ1) is 50.8. The van der Waals surface area contributed by atoms with Crippen molar-refractivity contribution in [2.24, 2.45) is 0 Å². The summed E-state index contributed by atoms with van der Waals surface area (Å²) in [6.07, 6.45) is 18.5. The van der Waals surface area contributed by atoms with E-state index in [0.717, 1.165) is 12.8 Å². The summed E-state index contributed by atoms with van der Waals surface area (Å²) in [5, 5.41) is 0. The average Bonchev–Trinajstić information content (AvgIpc) is 3.97. The predicted molar refractivity (Wildman–Crippen MR) is 257 cm³/mol. The zero-order chi connectivity index (χ0) is 42.7. The molecule has 0 aromatic heterocycles. The molecule has 0 unspecified atom stereocenters. The molecule has 0 aliphatic heterocycles. The molecule has 3 heteroatoms. The van der Waals surface area contributed by atoms with Crippen LogP contribution >= 0.6 is 0 Å². The molecule has 320 valence electrons. The standard InChI is InChI=1S/C33H33.C21H26.C5H5.2ClH.Zr/c1-32(2,3)30-20-26-24(18-28(30)22-13-9-7-10-14-22)17-25-19-29(23-15-11-8-12-16-23)31(21-27(25)26)33(4,5)6;1-3-5-7-18-9-13-20(14-10-18)17-21-15-11-19(12-16-21)8-6-4-2;1-2-4-5-3-1;;;/h7-16,18,20-21H,17H2,1-6H3;9-16H,3-8H2,1-2H3;1-3H,4H2;2*1H;/q-1;;-1;;;+2/p-2. The average molecular weight is 935 g/mol. The molecule has 0 atom stereocenters. The van der Waals surface area contributed by atoms with Gasteiger partial charge in [-0.15, -0.1) is 35.2 Å². The molecule has 0 fully saturated rings. The van der Waals surface area contributed by atoms with Gasteiger partial charge in [0.15, 0.2) is 0 Å². The Morgan fingerprint density at radius 1 is 0.581 bits per heavy atom. The van der Waals surface area contributed by atoms with E-state index in [1.54, 1.807) is 0 Å². The van der Waals surface area contributed by atoms with Crippen LogP contribution in [0.1, 0.15) is 132 Å². The molecular weight excluding hydrogens is 871 g/mol. The van der Waals surface area contributed by atoms with Gasteiger partial charge in [0, 0.05) is 0 Å². The van der Waals surface area contributed by atoms with Gasteiger partial charge in [-0.2, -0.15) is 6.08 Å². The van der Waals surface area contributed by atoms with Crippen LogP contribution in [0.5, 0.6) is 0 Å². The minimum atomic E-state index is 0. The topological polar surface area (TPSA) is 0 Å². The third kappa shape index (κ3) is 13.3. The van der Waals surface area contributed by atoms with E-state index in [0.29, 0.717) is 0 Å². The number of benzene rings is 6. The molecule has 0 bridgehead atoms. The fraction of sp³-hybridized carbons (Fsp3) is 0.305. The monoisotopic (exact) mass is 932 g/mol. The minimum absolute atomic E-state index is 0. The Morgan fingerprint density at radius 3 is 1.52 bits per heavy atom. The Morgan fingerprint density at radius 2 is 1.08 bits per heavy atom. The second kappa shape index (κ2) is 23.7. The molecule has 0 amide bonds. The van der Waals surface area contributed by atoms with Crippen molar-refractivity contribution >= 4 is 3.21 Å². The Bertz CT molecular complexity index is 2220. The molecule has 8 rings (SSSR count). The van der Waals surface area contributed by atoms with E-state index in [1.807, 2.05) is 12.2 Å². The Hall–Kier alpha value is -3.87. The van der Waals surface area contributed by atoms with Crippen molar-refractivity contribution in [1.29, 1.82) is 0 Å². The maximum atomic E-state index is 3.88. The third-order valence-electron chi connectivity index (χ3n) is 11.5. The van der Waals surface area contributed by atoms with Crippen molar-refractivity contribution in [2.45, 2.75) is 118 Å². The van der Waals surface area contributed by atoms with E-state index >= 15 is 0 Å². The SMILES string of the molecule is CC(C)(C)c1cc2c([c-]c1-c1ccccc1)Cc1cc(-c3ccccc3)c(C(C)(C)C)cc1-2.CCCCc1ccc([C](=[Zr+2])c2ccc(CCCC)cc2)cc1.[C-]1=CC=CC1.[Cl-].[Cl-]. The van der Waals surface area contributed by atoms with Gasteiger partial charge in [0.2, 0.25) is 0 Å². The third-order valence-corrected chi connectivity index (χ3v) is 13.0. The second-order valence-corrected chi connectivity index (χ2v) is 19.6. The molecule has 0 saturated carbocycles. The minimum Gasteiger partial charge on any atom is -1.00 e. The summed E-state index contributed by atoms with van der Waals surface area (Å²) >= 11 is 1.48. The van der Waals surface area contributed by atoms with Crippen LogP contribution in [0, 0.1) is 12.1 Å². The first-order chi connectivity index (χ1) is 28.9. The number of unbranched alkanes of at least 4 members (excludes halogenated alkanes) is 2. The van der Waals surface area contributed by atoms with Crippen LogP contribution in [0.3, 0.4) is 0 Å². The summed E-state index contributed by atoms with van der Waals surface area (Å²) in [6.45, 7) is 18.4. The molecule has 0 nitrogen and oxygen atoms in total. The zero-order valence-electron chi connectivity index (χ0n) is 38.3. The maximum Gasteiger partial charge on any atom is -0.109 e. The fourth-order valence-electron chi connectivity index (χ4n) is 8.05. The van der Waals surface area contributed by atoms with E-state index in [4.69, 9.17) is 0 Å². The molecule has 62 heavy (non-hydrogen) atoms. The van der Waals surface area contributed by atoms with Gasteiger partial charge < -0.3 is 24.8 Å². The number of halogens is 2. The smallest absolute Gasteiger partial charge is 0.109 e.